The summed E-state index contributed by atoms with van der Waals surface area (Å²) in [5.74, 6) is -0.279. The predicted molar refractivity (Wildman–Crippen MR) is 80.9 cm³/mol. The fourth-order valence-electron chi connectivity index (χ4n) is 2.64. The Bertz CT molecular complexity index is 537. The van der Waals surface area contributed by atoms with Crippen LogP contribution in [0.15, 0.2) is 18.3 Å². The number of carboxylic acids is 1. The summed E-state index contributed by atoms with van der Waals surface area (Å²) in [5.41, 5.74) is 0.327. The van der Waals surface area contributed by atoms with E-state index in [0.717, 1.165) is 0 Å². The smallest absolute Gasteiger partial charge is 0.303 e. The highest BCUT2D eigenvalue weighted by Gasteiger charge is 2.27. The van der Waals surface area contributed by atoms with Crippen molar-refractivity contribution >= 4 is 11.9 Å². The number of nitrogens with zero attached hydrogens (tertiary/aromatic N) is 2. The molecule has 6 heteroatoms. The number of carbonyl (C=O) groups is 2. The summed E-state index contributed by atoms with van der Waals surface area (Å²) in [7, 11) is 0. The Morgan fingerprint density at radius 1 is 1.41 bits per heavy atom. The van der Waals surface area contributed by atoms with Crippen LogP contribution in [0.5, 0.6) is 5.75 Å². The summed E-state index contributed by atoms with van der Waals surface area (Å²) in [4.78, 5) is 29.2. The molecule has 1 N–H and O–H groups in total. The van der Waals surface area contributed by atoms with Crippen LogP contribution in [-0.4, -0.2) is 46.1 Å². The number of pyridine rings is 1. The standard InChI is InChI=1S/C16H22N2O4/c1-11(2)22-13-4-3-7-17-15(13)16(21)18-8-5-12(6-9-18)10-14(19)20/h3-4,7,11-12H,5-6,8-10H2,1-2H3,(H,19,20). The molecule has 1 fully saturated rings. The zero-order valence-corrected chi connectivity index (χ0v) is 13.0. The molecule has 0 aromatic carbocycles. The second-order valence-electron chi connectivity index (χ2n) is 5.85. The van der Waals surface area contributed by atoms with E-state index in [1.165, 1.54) is 0 Å². The minimum atomic E-state index is -0.776. The minimum Gasteiger partial charge on any atom is -0.489 e. The van der Waals surface area contributed by atoms with E-state index in [4.69, 9.17) is 9.84 Å². The number of aromatic nitrogens is 1. The molecule has 1 aliphatic rings. The third-order valence-corrected chi connectivity index (χ3v) is 3.70. The van der Waals surface area contributed by atoms with E-state index in [9.17, 15) is 9.59 Å². The van der Waals surface area contributed by atoms with Crippen molar-refractivity contribution in [2.75, 3.05) is 13.1 Å². The summed E-state index contributed by atoms with van der Waals surface area (Å²) < 4.78 is 5.64. The maximum Gasteiger partial charge on any atom is 0.303 e. The van der Waals surface area contributed by atoms with Crippen LogP contribution in [0.25, 0.3) is 0 Å². The molecule has 2 rings (SSSR count). The van der Waals surface area contributed by atoms with Gasteiger partial charge in [-0.2, -0.15) is 0 Å². The molecule has 0 bridgehead atoms. The molecule has 1 amide bonds. The fraction of sp³-hybridized carbons (Fsp3) is 0.562. The maximum absolute atomic E-state index is 12.6. The minimum absolute atomic E-state index is 0.0305. The van der Waals surface area contributed by atoms with Crippen LogP contribution in [0.2, 0.25) is 0 Å². The number of aliphatic carboxylic acids is 1. The van der Waals surface area contributed by atoms with Crippen molar-refractivity contribution in [1.29, 1.82) is 0 Å². The molecule has 0 saturated carbocycles. The highest BCUT2D eigenvalue weighted by atomic mass is 16.5. The number of likely N-dealkylation sites (tertiary alicyclic amines) is 1. The molecule has 0 radical (unpaired) electrons. The van der Waals surface area contributed by atoms with Crippen molar-refractivity contribution in [3.05, 3.63) is 24.0 Å². The maximum atomic E-state index is 12.6. The van der Waals surface area contributed by atoms with Crippen molar-refractivity contribution in [2.45, 2.75) is 39.2 Å². The Labute approximate surface area is 130 Å². The quantitative estimate of drug-likeness (QED) is 0.902. The number of carbonyl (C=O) groups excluding carboxylic acids is 1. The highest BCUT2D eigenvalue weighted by Crippen LogP contribution is 2.24. The molecule has 1 aliphatic heterocycles. The number of amides is 1. The SMILES string of the molecule is CC(C)Oc1cccnc1C(=O)N1CCC(CC(=O)O)CC1. The molecule has 0 aliphatic carbocycles. The van der Waals surface area contributed by atoms with E-state index in [2.05, 4.69) is 4.98 Å². The Kier molecular flexibility index (Phi) is 5.35. The van der Waals surface area contributed by atoms with Gasteiger partial charge in [0.2, 0.25) is 0 Å². The Balaban J connectivity index is 2.02. The third kappa shape index (κ3) is 4.19. The first kappa shape index (κ1) is 16.3. The lowest BCUT2D eigenvalue weighted by atomic mass is 9.93. The van der Waals surface area contributed by atoms with Gasteiger partial charge in [0, 0.05) is 25.7 Å². The molecule has 0 atom stereocenters. The van der Waals surface area contributed by atoms with E-state index in [0.29, 0.717) is 37.4 Å². The first-order valence-electron chi connectivity index (χ1n) is 7.60. The summed E-state index contributed by atoms with van der Waals surface area (Å²) in [6.07, 6.45) is 3.15. The second-order valence-corrected chi connectivity index (χ2v) is 5.85. The van der Waals surface area contributed by atoms with E-state index in [1.54, 1.807) is 23.2 Å². The third-order valence-electron chi connectivity index (χ3n) is 3.70. The van der Waals surface area contributed by atoms with Crippen LogP contribution < -0.4 is 4.74 Å². The normalized spacial score (nSPS) is 15.9. The molecule has 0 unspecified atom stereocenters. The Morgan fingerprint density at radius 2 is 2.09 bits per heavy atom. The lowest BCUT2D eigenvalue weighted by molar-refractivity contribution is -0.138. The van der Waals surface area contributed by atoms with E-state index in [-0.39, 0.29) is 24.3 Å². The first-order chi connectivity index (χ1) is 10.5. The van der Waals surface area contributed by atoms with Crippen LogP contribution >= 0.6 is 0 Å². The Morgan fingerprint density at radius 3 is 2.68 bits per heavy atom. The van der Waals surface area contributed by atoms with Gasteiger partial charge in [-0.1, -0.05) is 0 Å². The number of hydrogen-bond donors (Lipinski definition) is 1. The summed E-state index contributed by atoms with van der Waals surface area (Å²) >= 11 is 0. The van der Waals surface area contributed by atoms with Crippen LogP contribution in [0.4, 0.5) is 0 Å². The van der Waals surface area contributed by atoms with Crippen molar-refractivity contribution < 1.29 is 19.4 Å². The van der Waals surface area contributed by atoms with Crippen molar-refractivity contribution in [2.24, 2.45) is 5.92 Å². The average molecular weight is 306 g/mol. The molecule has 1 aromatic rings. The van der Waals surface area contributed by atoms with Gasteiger partial charge < -0.3 is 14.7 Å². The summed E-state index contributed by atoms with van der Waals surface area (Å²) in [6, 6.07) is 3.49. The molecule has 0 spiro atoms. The molecule has 22 heavy (non-hydrogen) atoms. The molecular formula is C16H22N2O4. The van der Waals surface area contributed by atoms with Crippen molar-refractivity contribution in [1.82, 2.24) is 9.88 Å². The van der Waals surface area contributed by atoms with Gasteiger partial charge in [-0.15, -0.1) is 0 Å². The monoisotopic (exact) mass is 306 g/mol. The number of piperidine rings is 1. The molecule has 1 saturated heterocycles. The Hall–Kier alpha value is -2.11. The second kappa shape index (κ2) is 7.24. The fourth-order valence-corrected chi connectivity index (χ4v) is 2.64. The van der Waals surface area contributed by atoms with Crippen molar-refractivity contribution in [3.8, 4) is 5.75 Å². The zero-order chi connectivity index (χ0) is 16.1. The van der Waals surface area contributed by atoms with Gasteiger partial charge in [0.05, 0.1) is 6.10 Å². The lowest BCUT2D eigenvalue weighted by Gasteiger charge is -2.31. The summed E-state index contributed by atoms with van der Waals surface area (Å²) in [6.45, 7) is 4.93. The zero-order valence-electron chi connectivity index (χ0n) is 13.0. The molecule has 2 heterocycles. The number of hydrogen-bond acceptors (Lipinski definition) is 4. The van der Waals surface area contributed by atoms with Gasteiger partial charge in [0.1, 0.15) is 0 Å². The van der Waals surface area contributed by atoms with Crippen LogP contribution in [0.1, 0.15) is 43.6 Å². The van der Waals surface area contributed by atoms with Gasteiger partial charge in [0.25, 0.3) is 5.91 Å². The number of rotatable bonds is 5. The molecule has 1 aromatic heterocycles. The van der Waals surface area contributed by atoms with E-state index < -0.39 is 5.97 Å². The van der Waals surface area contributed by atoms with Crippen LogP contribution in [-0.2, 0) is 4.79 Å². The first-order valence-corrected chi connectivity index (χ1v) is 7.60. The lowest BCUT2D eigenvalue weighted by Crippen LogP contribution is -2.39. The largest absolute Gasteiger partial charge is 0.489 e. The van der Waals surface area contributed by atoms with Gasteiger partial charge in [-0.25, -0.2) is 4.98 Å². The van der Waals surface area contributed by atoms with Gasteiger partial charge >= 0.3 is 5.97 Å². The molecular weight excluding hydrogens is 284 g/mol. The van der Waals surface area contributed by atoms with E-state index in [1.807, 2.05) is 13.8 Å². The average Bonchev–Trinajstić information content (AvgIpc) is 2.47. The van der Waals surface area contributed by atoms with Gasteiger partial charge in [-0.05, 0) is 44.7 Å². The van der Waals surface area contributed by atoms with Crippen LogP contribution in [0.3, 0.4) is 0 Å². The van der Waals surface area contributed by atoms with Gasteiger partial charge in [-0.3, -0.25) is 9.59 Å². The van der Waals surface area contributed by atoms with E-state index >= 15 is 0 Å². The predicted octanol–water partition coefficient (Wildman–Crippen LogP) is 2.20. The number of ether oxygens (including phenoxy) is 1. The van der Waals surface area contributed by atoms with Gasteiger partial charge in [0.15, 0.2) is 11.4 Å². The summed E-state index contributed by atoms with van der Waals surface area (Å²) in [5, 5.41) is 8.83. The van der Waals surface area contributed by atoms with Crippen molar-refractivity contribution in [3.63, 3.8) is 0 Å². The molecule has 120 valence electrons. The van der Waals surface area contributed by atoms with Crippen LogP contribution in [0, 0.1) is 5.92 Å². The number of carboxylic acid groups (broad SMARTS) is 1. The highest BCUT2D eigenvalue weighted by molar-refractivity contribution is 5.95. The topological polar surface area (TPSA) is 79.7 Å². The molecule has 6 nitrogen and oxygen atoms in total.